The van der Waals surface area contributed by atoms with Crippen LogP contribution >= 0.6 is 0 Å². The number of carbonyl (C=O) groups is 2. The van der Waals surface area contributed by atoms with Gasteiger partial charge in [-0.3, -0.25) is 4.79 Å². The molecule has 4 rings (SSSR count). The van der Waals surface area contributed by atoms with E-state index in [1.54, 1.807) is 0 Å². The molecule has 0 aromatic rings. The van der Waals surface area contributed by atoms with Crippen LogP contribution in [0.4, 0.5) is 0 Å². The number of carboxylic acids is 1. The monoisotopic (exact) mass is 378 g/mol. The van der Waals surface area contributed by atoms with Gasteiger partial charge in [-0.05, 0) is 73.0 Å². The van der Waals surface area contributed by atoms with E-state index in [2.05, 4.69) is 13.8 Å². The molecule has 2 N–H and O–H groups in total. The van der Waals surface area contributed by atoms with Gasteiger partial charge in [0.2, 0.25) is 5.60 Å². The predicted octanol–water partition coefficient (Wildman–Crippen LogP) is 3.78. The number of aliphatic hydroxyl groups is 1. The molecule has 0 unspecified atom stereocenters. The summed E-state index contributed by atoms with van der Waals surface area (Å²) < 4.78 is 5.57. The van der Waals surface area contributed by atoms with Gasteiger partial charge in [0.1, 0.15) is 0 Å². The molecule has 0 radical (unpaired) electrons. The van der Waals surface area contributed by atoms with Crippen LogP contribution in [0, 0.1) is 34.0 Å². The van der Waals surface area contributed by atoms with Crippen LogP contribution in [0.1, 0.15) is 78.6 Å². The van der Waals surface area contributed by atoms with E-state index in [4.69, 9.17) is 4.74 Å². The SMILES string of the molecule is CC(=O)O[C@]1(C(=O)O)C[C@@]23CC[C@@H]4[C@](C)(CO)CCC[C@@]4(C)[C@@H]2CC[C@@H]1C3. The molecule has 0 aromatic heterocycles. The van der Waals surface area contributed by atoms with Crippen molar-refractivity contribution >= 4 is 11.9 Å². The minimum Gasteiger partial charge on any atom is -0.478 e. The summed E-state index contributed by atoms with van der Waals surface area (Å²) in [6.45, 7) is 6.22. The van der Waals surface area contributed by atoms with Crippen molar-refractivity contribution in [2.75, 3.05) is 6.61 Å². The summed E-state index contributed by atoms with van der Waals surface area (Å²) in [5.41, 5.74) is -1.25. The highest BCUT2D eigenvalue weighted by Crippen LogP contribution is 2.73. The van der Waals surface area contributed by atoms with E-state index in [1.807, 2.05) is 0 Å². The molecule has 5 heteroatoms. The minimum absolute atomic E-state index is 0.0240. The first-order valence-corrected chi connectivity index (χ1v) is 10.7. The van der Waals surface area contributed by atoms with Crippen molar-refractivity contribution in [1.29, 1.82) is 0 Å². The number of aliphatic hydroxyl groups excluding tert-OH is 1. The fourth-order valence-electron chi connectivity index (χ4n) is 8.47. The highest BCUT2D eigenvalue weighted by atomic mass is 16.6. The molecule has 0 saturated heterocycles. The van der Waals surface area contributed by atoms with Gasteiger partial charge in [0.15, 0.2) is 0 Å². The number of fused-ring (bicyclic) bond motifs is 3. The maximum absolute atomic E-state index is 12.3. The highest BCUT2D eigenvalue weighted by molar-refractivity contribution is 5.82. The molecule has 0 amide bonds. The van der Waals surface area contributed by atoms with Gasteiger partial charge in [-0.1, -0.05) is 20.3 Å². The van der Waals surface area contributed by atoms with Gasteiger partial charge in [-0.2, -0.15) is 0 Å². The molecular formula is C22H34O5. The van der Waals surface area contributed by atoms with Gasteiger partial charge < -0.3 is 14.9 Å². The number of rotatable bonds is 3. The summed E-state index contributed by atoms with van der Waals surface area (Å²) in [5, 5.41) is 20.2. The molecule has 4 aliphatic carbocycles. The number of aliphatic carboxylic acids is 1. The van der Waals surface area contributed by atoms with Crippen LogP contribution < -0.4 is 0 Å². The fourth-order valence-corrected chi connectivity index (χ4v) is 8.47. The average Bonchev–Trinajstić information content (AvgIpc) is 2.81. The zero-order valence-corrected chi connectivity index (χ0v) is 16.9. The molecule has 4 aliphatic rings. The standard InChI is InChI=1S/C22H34O5/c1-14(24)27-22(18(25)26)12-21-10-7-16-19(2,13-23)8-4-9-20(16,3)17(21)6-5-15(22)11-21/h15-17,23H,4-13H2,1-3H3,(H,25,26)/t15-,16-,17+,19+,20-,21+,22-/m1/s1. The van der Waals surface area contributed by atoms with E-state index in [9.17, 15) is 19.8 Å². The summed E-state index contributed by atoms with van der Waals surface area (Å²) in [5.74, 6) is -0.560. The maximum atomic E-state index is 12.3. The molecule has 0 heterocycles. The van der Waals surface area contributed by atoms with Crippen LogP contribution in [0.5, 0.6) is 0 Å². The van der Waals surface area contributed by atoms with E-state index in [0.29, 0.717) is 18.3 Å². The lowest BCUT2D eigenvalue weighted by atomic mass is 9.41. The average molecular weight is 379 g/mol. The second kappa shape index (κ2) is 5.95. The third-order valence-corrected chi connectivity index (χ3v) is 9.35. The van der Waals surface area contributed by atoms with Gasteiger partial charge in [0.05, 0.1) is 0 Å². The summed E-state index contributed by atoms with van der Waals surface area (Å²) >= 11 is 0. The summed E-state index contributed by atoms with van der Waals surface area (Å²) in [6, 6.07) is 0. The number of hydrogen-bond acceptors (Lipinski definition) is 4. The molecule has 0 aromatic carbocycles. The first kappa shape index (κ1) is 19.2. The lowest BCUT2D eigenvalue weighted by Crippen LogP contribution is -2.57. The summed E-state index contributed by atoms with van der Waals surface area (Å²) in [7, 11) is 0. The number of carboxylic acid groups (broad SMARTS) is 1. The topological polar surface area (TPSA) is 83.8 Å². The smallest absolute Gasteiger partial charge is 0.348 e. The van der Waals surface area contributed by atoms with Crippen molar-refractivity contribution < 1.29 is 24.5 Å². The van der Waals surface area contributed by atoms with Gasteiger partial charge >= 0.3 is 11.9 Å². The van der Waals surface area contributed by atoms with E-state index < -0.39 is 17.5 Å². The first-order valence-electron chi connectivity index (χ1n) is 10.7. The van der Waals surface area contributed by atoms with E-state index in [0.717, 1.165) is 51.4 Å². The number of ether oxygens (including phenoxy) is 1. The van der Waals surface area contributed by atoms with Gasteiger partial charge in [-0.15, -0.1) is 0 Å². The Kier molecular flexibility index (Phi) is 4.24. The van der Waals surface area contributed by atoms with Crippen LogP contribution in [-0.2, 0) is 14.3 Å². The zero-order valence-electron chi connectivity index (χ0n) is 16.9. The molecule has 5 nitrogen and oxygen atoms in total. The quantitative estimate of drug-likeness (QED) is 0.730. The molecule has 0 aliphatic heterocycles. The largest absolute Gasteiger partial charge is 0.478 e. The molecular weight excluding hydrogens is 344 g/mol. The minimum atomic E-state index is -1.33. The number of carbonyl (C=O) groups excluding carboxylic acids is 1. The fraction of sp³-hybridized carbons (Fsp3) is 0.909. The van der Waals surface area contributed by atoms with Crippen molar-refractivity contribution in [3.8, 4) is 0 Å². The Hall–Kier alpha value is -1.10. The van der Waals surface area contributed by atoms with Crippen LogP contribution in [0.15, 0.2) is 0 Å². The summed E-state index contributed by atoms with van der Waals surface area (Å²) in [6.07, 6.45) is 8.62. The van der Waals surface area contributed by atoms with E-state index >= 15 is 0 Å². The molecule has 152 valence electrons. The Morgan fingerprint density at radius 3 is 2.44 bits per heavy atom. The first-order chi connectivity index (χ1) is 12.6. The van der Waals surface area contributed by atoms with Crippen LogP contribution in [0.2, 0.25) is 0 Å². The molecule has 7 atom stereocenters. The Bertz CT molecular complexity index is 661. The Morgan fingerprint density at radius 1 is 1.07 bits per heavy atom. The predicted molar refractivity (Wildman–Crippen MR) is 99.9 cm³/mol. The lowest BCUT2D eigenvalue weighted by molar-refractivity contribution is -0.183. The van der Waals surface area contributed by atoms with E-state index in [-0.39, 0.29) is 28.8 Å². The van der Waals surface area contributed by atoms with Crippen LogP contribution in [0.25, 0.3) is 0 Å². The Morgan fingerprint density at radius 2 is 1.81 bits per heavy atom. The zero-order chi connectivity index (χ0) is 19.7. The third kappa shape index (κ3) is 2.46. The lowest BCUT2D eigenvalue weighted by Gasteiger charge is -2.64. The highest BCUT2D eigenvalue weighted by Gasteiger charge is 2.70. The normalized spacial score (nSPS) is 51.2. The third-order valence-electron chi connectivity index (χ3n) is 9.35. The molecule has 4 fully saturated rings. The number of esters is 1. The van der Waals surface area contributed by atoms with Crippen LogP contribution in [0.3, 0.4) is 0 Å². The van der Waals surface area contributed by atoms with Crippen molar-refractivity contribution in [2.45, 2.75) is 84.2 Å². The second-order valence-electron chi connectivity index (χ2n) is 10.6. The second-order valence-corrected chi connectivity index (χ2v) is 10.6. The van der Waals surface area contributed by atoms with Crippen molar-refractivity contribution in [2.24, 2.45) is 34.0 Å². The van der Waals surface area contributed by atoms with E-state index in [1.165, 1.54) is 6.92 Å². The summed E-state index contributed by atoms with van der Waals surface area (Å²) in [4.78, 5) is 24.0. The van der Waals surface area contributed by atoms with Crippen molar-refractivity contribution in [3.05, 3.63) is 0 Å². The van der Waals surface area contributed by atoms with Crippen molar-refractivity contribution in [1.82, 2.24) is 0 Å². The van der Waals surface area contributed by atoms with Crippen molar-refractivity contribution in [3.63, 3.8) is 0 Å². The molecule has 2 bridgehead atoms. The van der Waals surface area contributed by atoms with Gasteiger partial charge in [0.25, 0.3) is 0 Å². The Labute approximate surface area is 161 Å². The van der Waals surface area contributed by atoms with Gasteiger partial charge in [-0.25, -0.2) is 4.79 Å². The molecule has 4 saturated carbocycles. The van der Waals surface area contributed by atoms with Crippen LogP contribution in [-0.4, -0.2) is 34.4 Å². The number of hydrogen-bond donors (Lipinski definition) is 2. The van der Waals surface area contributed by atoms with Gasteiger partial charge in [0, 0.05) is 25.9 Å². The molecule has 27 heavy (non-hydrogen) atoms. The Balaban J connectivity index is 1.72. The molecule has 1 spiro atoms. The maximum Gasteiger partial charge on any atom is 0.348 e.